The predicted octanol–water partition coefficient (Wildman–Crippen LogP) is -0.232. The first-order chi connectivity index (χ1) is 7.59. The smallest absolute Gasteiger partial charge is 0.281 e. The minimum atomic E-state index is -0.381. The number of halogens is 1. The van der Waals surface area contributed by atoms with Crippen LogP contribution in [-0.2, 0) is 0 Å². The summed E-state index contributed by atoms with van der Waals surface area (Å²) in [5, 5.41) is 2.81. The van der Waals surface area contributed by atoms with Gasteiger partial charge in [0.25, 0.3) is 5.91 Å². The van der Waals surface area contributed by atoms with Gasteiger partial charge in [-0.3, -0.25) is 9.69 Å². The summed E-state index contributed by atoms with van der Waals surface area (Å²) in [4.78, 5) is 20.8. The monoisotopic (exact) mass is 240 g/mol. The minimum absolute atomic E-state index is 0.00538. The second kappa shape index (κ2) is 3.86. The average molecular weight is 241 g/mol. The highest BCUT2D eigenvalue weighted by atomic mass is 35.5. The summed E-state index contributed by atoms with van der Waals surface area (Å²) < 4.78 is 0. The van der Waals surface area contributed by atoms with Crippen LogP contribution in [0.5, 0.6) is 0 Å². The number of aromatic nitrogens is 2. The van der Waals surface area contributed by atoms with Gasteiger partial charge in [0, 0.05) is 12.4 Å². The van der Waals surface area contributed by atoms with Gasteiger partial charge >= 0.3 is 0 Å². The van der Waals surface area contributed by atoms with Crippen molar-refractivity contribution in [3.63, 3.8) is 0 Å². The zero-order valence-corrected chi connectivity index (χ0v) is 8.90. The summed E-state index contributed by atoms with van der Waals surface area (Å²) >= 11 is 5.68. The molecule has 2 rings (SSSR count). The Labute approximate surface area is 96.1 Å². The number of rotatable bonds is 1. The molecule has 1 amide bonds. The van der Waals surface area contributed by atoms with Crippen LogP contribution in [-0.4, -0.2) is 27.4 Å². The lowest BCUT2D eigenvalue weighted by Crippen LogP contribution is -2.29. The minimum Gasteiger partial charge on any atom is -0.382 e. The van der Waals surface area contributed by atoms with E-state index < -0.39 is 0 Å². The lowest BCUT2D eigenvalue weighted by atomic mass is 10.3. The van der Waals surface area contributed by atoms with E-state index in [1.807, 2.05) is 0 Å². The summed E-state index contributed by atoms with van der Waals surface area (Å²) in [6.07, 6.45) is 3.22. The van der Waals surface area contributed by atoms with E-state index in [4.69, 9.17) is 23.1 Å². The van der Waals surface area contributed by atoms with E-state index >= 15 is 0 Å². The highest BCUT2D eigenvalue weighted by Crippen LogP contribution is 2.18. The molecule has 0 aromatic carbocycles. The molecular formula is C8H9ClN6O. The highest BCUT2D eigenvalue weighted by Gasteiger charge is 2.21. The van der Waals surface area contributed by atoms with Crippen LogP contribution in [0.15, 0.2) is 12.4 Å². The predicted molar refractivity (Wildman–Crippen MR) is 59.2 cm³/mol. The van der Waals surface area contributed by atoms with Gasteiger partial charge < -0.3 is 16.8 Å². The molecule has 5 N–H and O–H groups in total. The van der Waals surface area contributed by atoms with Crippen molar-refractivity contribution in [3.8, 4) is 0 Å². The van der Waals surface area contributed by atoms with Crippen molar-refractivity contribution in [1.29, 1.82) is 0 Å². The molecule has 0 radical (unpaired) electrons. The van der Waals surface area contributed by atoms with Crippen molar-refractivity contribution >= 4 is 29.1 Å². The van der Waals surface area contributed by atoms with Crippen LogP contribution >= 0.6 is 11.6 Å². The molecule has 0 aliphatic carbocycles. The lowest BCUT2D eigenvalue weighted by Gasteiger charge is -2.13. The Balaban J connectivity index is 2.36. The summed E-state index contributed by atoms with van der Waals surface area (Å²) in [6, 6.07) is 0. The maximum Gasteiger partial charge on any atom is 0.281 e. The van der Waals surface area contributed by atoms with Gasteiger partial charge in [0.05, 0.1) is 6.67 Å². The molecule has 8 heteroatoms. The summed E-state index contributed by atoms with van der Waals surface area (Å²) in [5.74, 6) is -0.411. The molecule has 16 heavy (non-hydrogen) atoms. The van der Waals surface area contributed by atoms with Gasteiger partial charge in [-0.25, -0.2) is 9.97 Å². The Kier molecular flexibility index (Phi) is 2.53. The SMILES string of the molecule is Nc1nc(N)c(C(=O)N2C=CNC2)nc1Cl. The van der Waals surface area contributed by atoms with Crippen molar-refractivity contribution in [1.82, 2.24) is 20.2 Å². The lowest BCUT2D eigenvalue weighted by molar-refractivity contribution is 0.0824. The molecule has 1 aliphatic rings. The highest BCUT2D eigenvalue weighted by molar-refractivity contribution is 6.31. The van der Waals surface area contributed by atoms with Gasteiger partial charge in [0.1, 0.15) is 0 Å². The first-order valence-corrected chi connectivity index (χ1v) is 4.77. The van der Waals surface area contributed by atoms with E-state index in [-0.39, 0.29) is 28.4 Å². The normalized spacial score (nSPS) is 13.9. The number of carbonyl (C=O) groups is 1. The standard InChI is InChI=1S/C8H9ClN6O/c9-5-7(11)14-6(10)4(13-5)8(16)15-2-1-12-3-15/h1-2,12H,3H2,(H4,10,11,14). The Bertz CT molecular complexity index is 474. The molecule has 0 saturated carbocycles. The second-order valence-corrected chi connectivity index (χ2v) is 3.44. The summed E-state index contributed by atoms with van der Waals surface area (Å²) in [7, 11) is 0. The third kappa shape index (κ3) is 1.72. The zero-order chi connectivity index (χ0) is 11.7. The molecule has 1 aromatic rings. The molecule has 2 heterocycles. The molecule has 1 aliphatic heterocycles. The fourth-order valence-corrected chi connectivity index (χ4v) is 1.35. The van der Waals surface area contributed by atoms with Gasteiger partial charge in [0.15, 0.2) is 22.5 Å². The number of hydrogen-bond acceptors (Lipinski definition) is 6. The summed E-state index contributed by atoms with van der Waals surface area (Å²) in [6.45, 7) is 0.363. The van der Waals surface area contributed by atoms with Crippen LogP contribution in [0, 0.1) is 0 Å². The Morgan fingerprint density at radius 1 is 1.44 bits per heavy atom. The van der Waals surface area contributed by atoms with E-state index in [0.29, 0.717) is 6.67 Å². The van der Waals surface area contributed by atoms with Crippen molar-refractivity contribution in [2.75, 3.05) is 18.1 Å². The molecule has 0 saturated heterocycles. The molecule has 1 aromatic heterocycles. The van der Waals surface area contributed by atoms with E-state index in [1.165, 1.54) is 4.90 Å². The zero-order valence-electron chi connectivity index (χ0n) is 8.14. The first-order valence-electron chi connectivity index (χ1n) is 4.39. The van der Waals surface area contributed by atoms with Crippen molar-refractivity contribution in [2.45, 2.75) is 0 Å². The average Bonchev–Trinajstić information content (AvgIpc) is 2.75. The number of nitrogens with two attached hydrogens (primary N) is 2. The van der Waals surface area contributed by atoms with Gasteiger partial charge in [-0.2, -0.15) is 0 Å². The molecule has 7 nitrogen and oxygen atoms in total. The van der Waals surface area contributed by atoms with E-state index in [2.05, 4.69) is 15.3 Å². The maximum atomic E-state index is 11.9. The van der Waals surface area contributed by atoms with E-state index in [1.54, 1.807) is 12.4 Å². The topological polar surface area (TPSA) is 110 Å². The third-order valence-electron chi connectivity index (χ3n) is 2.00. The number of nitrogens with one attached hydrogen (secondary N) is 1. The van der Waals surface area contributed by atoms with Crippen molar-refractivity contribution in [2.24, 2.45) is 0 Å². The van der Waals surface area contributed by atoms with E-state index in [9.17, 15) is 4.79 Å². The summed E-state index contributed by atoms with van der Waals surface area (Å²) in [5.41, 5.74) is 11.0. The Morgan fingerprint density at radius 3 is 2.81 bits per heavy atom. The van der Waals surface area contributed by atoms with Crippen LogP contribution < -0.4 is 16.8 Å². The molecule has 84 valence electrons. The number of hydrogen-bond donors (Lipinski definition) is 3. The third-order valence-corrected chi connectivity index (χ3v) is 2.28. The molecule has 0 atom stereocenters. The van der Waals surface area contributed by atoms with Crippen LogP contribution in [0.25, 0.3) is 0 Å². The number of nitrogens with zero attached hydrogens (tertiary/aromatic N) is 3. The molecule has 0 bridgehead atoms. The van der Waals surface area contributed by atoms with Crippen LogP contribution in [0.2, 0.25) is 5.15 Å². The van der Waals surface area contributed by atoms with Crippen molar-refractivity contribution in [3.05, 3.63) is 23.2 Å². The quantitative estimate of drug-likeness (QED) is 0.625. The Morgan fingerprint density at radius 2 is 2.19 bits per heavy atom. The van der Waals surface area contributed by atoms with Gasteiger partial charge in [-0.1, -0.05) is 11.6 Å². The van der Waals surface area contributed by atoms with Crippen LogP contribution in [0.1, 0.15) is 10.5 Å². The van der Waals surface area contributed by atoms with Gasteiger partial charge in [-0.05, 0) is 0 Å². The van der Waals surface area contributed by atoms with Crippen LogP contribution in [0.3, 0.4) is 0 Å². The van der Waals surface area contributed by atoms with Gasteiger partial charge in [0.2, 0.25) is 0 Å². The number of amides is 1. The fourth-order valence-electron chi connectivity index (χ4n) is 1.22. The number of nitrogen functional groups attached to an aromatic ring is 2. The maximum absolute atomic E-state index is 11.9. The molecule has 0 fully saturated rings. The molecule has 0 spiro atoms. The van der Waals surface area contributed by atoms with Gasteiger partial charge in [-0.15, -0.1) is 0 Å². The molecule has 0 unspecified atom stereocenters. The Hall–Kier alpha value is -2.02. The van der Waals surface area contributed by atoms with Crippen LogP contribution in [0.4, 0.5) is 11.6 Å². The first kappa shape index (κ1) is 10.5. The fraction of sp³-hybridized carbons (Fsp3) is 0.125. The number of anilines is 2. The molecular weight excluding hydrogens is 232 g/mol. The number of carbonyl (C=O) groups excluding carboxylic acids is 1. The van der Waals surface area contributed by atoms with E-state index in [0.717, 1.165) is 0 Å². The second-order valence-electron chi connectivity index (χ2n) is 3.09. The van der Waals surface area contributed by atoms with Crippen molar-refractivity contribution < 1.29 is 4.79 Å². The largest absolute Gasteiger partial charge is 0.382 e.